The lowest BCUT2D eigenvalue weighted by molar-refractivity contribution is -0.106. The maximum atomic E-state index is 12.6. The van der Waals surface area contributed by atoms with Gasteiger partial charge in [-0.15, -0.1) is 0 Å². The molecule has 15 heavy (non-hydrogen) atoms. The average molecular weight is 211 g/mol. The molecule has 1 saturated carbocycles. The number of alkyl halides is 2. The standard InChI is InChI=1S/C12H15F2N/c1-9-3-2-4-11(5-9)15-8-10-6-12(13,14)7-10/h2-5,10,15H,6-8H2,1H3. The first-order chi connectivity index (χ1) is 7.05. The molecular formula is C12H15F2N. The Labute approximate surface area is 88.5 Å². The topological polar surface area (TPSA) is 12.0 Å². The molecule has 1 aliphatic carbocycles. The number of nitrogens with one attached hydrogen (secondary N) is 1. The summed E-state index contributed by atoms with van der Waals surface area (Å²) in [4.78, 5) is 0. The summed E-state index contributed by atoms with van der Waals surface area (Å²) in [5.41, 5.74) is 2.20. The minimum atomic E-state index is -2.40. The molecule has 0 bridgehead atoms. The molecule has 0 atom stereocenters. The van der Waals surface area contributed by atoms with Crippen molar-refractivity contribution in [2.75, 3.05) is 11.9 Å². The van der Waals surface area contributed by atoms with Crippen LogP contribution in [-0.2, 0) is 0 Å². The average Bonchev–Trinajstić information content (AvgIpc) is 2.11. The summed E-state index contributed by atoms with van der Waals surface area (Å²) >= 11 is 0. The van der Waals surface area contributed by atoms with Gasteiger partial charge in [-0.1, -0.05) is 12.1 Å². The Bertz CT molecular complexity index is 341. The number of rotatable bonds is 3. The van der Waals surface area contributed by atoms with Gasteiger partial charge in [0.25, 0.3) is 0 Å². The Hall–Kier alpha value is -1.12. The van der Waals surface area contributed by atoms with Gasteiger partial charge < -0.3 is 5.32 Å². The fourth-order valence-corrected chi connectivity index (χ4v) is 1.95. The Morgan fingerprint density at radius 2 is 2.13 bits per heavy atom. The molecule has 1 aromatic carbocycles. The quantitative estimate of drug-likeness (QED) is 0.807. The third-order valence-electron chi connectivity index (χ3n) is 2.79. The molecule has 0 aromatic heterocycles. The van der Waals surface area contributed by atoms with Crippen molar-refractivity contribution in [1.29, 1.82) is 0 Å². The van der Waals surface area contributed by atoms with E-state index < -0.39 is 5.92 Å². The Balaban J connectivity index is 1.80. The van der Waals surface area contributed by atoms with Crippen LogP contribution < -0.4 is 5.32 Å². The van der Waals surface area contributed by atoms with E-state index in [2.05, 4.69) is 5.32 Å². The van der Waals surface area contributed by atoms with Crippen LogP contribution in [0.25, 0.3) is 0 Å². The van der Waals surface area contributed by atoms with Crippen LogP contribution in [0.2, 0.25) is 0 Å². The van der Waals surface area contributed by atoms with Crippen LogP contribution in [0.15, 0.2) is 24.3 Å². The maximum Gasteiger partial charge on any atom is 0.248 e. The summed E-state index contributed by atoms with van der Waals surface area (Å²) in [6.45, 7) is 2.67. The van der Waals surface area contributed by atoms with E-state index >= 15 is 0 Å². The van der Waals surface area contributed by atoms with Crippen molar-refractivity contribution in [3.05, 3.63) is 29.8 Å². The van der Waals surface area contributed by atoms with Gasteiger partial charge in [-0.25, -0.2) is 8.78 Å². The van der Waals surface area contributed by atoms with Gasteiger partial charge in [-0.05, 0) is 30.5 Å². The largest absolute Gasteiger partial charge is 0.385 e. The fraction of sp³-hybridized carbons (Fsp3) is 0.500. The van der Waals surface area contributed by atoms with Crippen LogP contribution in [0, 0.1) is 12.8 Å². The number of hydrogen-bond donors (Lipinski definition) is 1. The van der Waals surface area contributed by atoms with E-state index in [-0.39, 0.29) is 18.8 Å². The molecule has 0 spiro atoms. The zero-order valence-electron chi connectivity index (χ0n) is 8.76. The second kappa shape index (κ2) is 3.80. The number of anilines is 1. The molecule has 1 aliphatic rings. The third-order valence-corrected chi connectivity index (χ3v) is 2.79. The molecule has 0 amide bonds. The van der Waals surface area contributed by atoms with Crippen molar-refractivity contribution >= 4 is 5.69 Å². The van der Waals surface area contributed by atoms with Crippen molar-refractivity contribution in [2.24, 2.45) is 5.92 Å². The second-order valence-corrected chi connectivity index (χ2v) is 4.38. The molecule has 1 nitrogen and oxygen atoms in total. The summed E-state index contributed by atoms with van der Waals surface area (Å²) in [5, 5.41) is 3.19. The monoisotopic (exact) mass is 211 g/mol. The highest BCUT2D eigenvalue weighted by Crippen LogP contribution is 2.42. The highest BCUT2D eigenvalue weighted by Gasteiger charge is 2.44. The van der Waals surface area contributed by atoms with E-state index in [1.807, 2.05) is 31.2 Å². The van der Waals surface area contributed by atoms with E-state index in [1.54, 1.807) is 0 Å². The summed E-state index contributed by atoms with van der Waals surface area (Å²) in [6, 6.07) is 7.97. The van der Waals surface area contributed by atoms with Gasteiger partial charge in [0.15, 0.2) is 0 Å². The van der Waals surface area contributed by atoms with Crippen molar-refractivity contribution in [1.82, 2.24) is 0 Å². The van der Waals surface area contributed by atoms with Gasteiger partial charge in [-0.3, -0.25) is 0 Å². The molecule has 1 aromatic rings. The third kappa shape index (κ3) is 2.67. The van der Waals surface area contributed by atoms with Crippen molar-refractivity contribution in [3.63, 3.8) is 0 Å². The number of halogens is 2. The predicted octanol–water partition coefficient (Wildman–Crippen LogP) is 3.45. The second-order valence-electron chi connectivity index (χ2n) is 4.38. The first-order valence-corrected chi connectivity index (χ1v) is 5.23. The lowest BCUT2D eigenvalue weighted by atomic mass is 9.81. The van der Waals surface area contributed by atoms with Gasteiger partial charge >= 0.3 is 0 Å². The molecule has 0 radical (unpaired) electrons. The van der Waals surface area contributed by atoms with E-state index in [0.717, 1.165) is 5.69 Å². The highest BCUT2D eigenvalue weighted by molar-refractivity contribution is 5.45. The fourth-order valence-electron chi connectivity index (χ4n) is 1.95. The number of hydrogen-bond acceptors (Lipinski definition) is 1. The van der Waals surface area contributed by atoms with Crippen LogP contribution in [0.5, 0.6) is 0 Å². The van der Waals surface area contributed by atoms with Gasteiger partial charge in [0.05, 0.1) is 0 Å². The van der Waals surface area contributed by atoms with E-state index in [1.165, 1.54) is 5.56 Å². The molecular weight excluding hydrogens is 196 g/mol. The van der Waals surface area contributed by atoms with Crippen LogP contribution >= 0.6 is 0 Å². The van der Waals surface area contributed by atoms with Crippen LogP contribution in [0.1, 0.15) is 18.4 Å². The van der Waals surface area contributed by atoms with E-state index in [4.69, 9.17) is 0 Å². The van der Waals surface area contributed by atoms with Crippen LogP contribution in [0.4, 0.5) is 14.5 Å². The van der Waals surface area contributed by atoms with Crippen molar-refractivity contribution < 1.29 is 8.78 Å². The van der Waals surface area contributed by atoms with Crippen molar-refractivity contribution in [2.45, 2.75) is 25.7 Å². The summed E-state index contributed by atoms with van der Waals surface area (Å²) < 4.78 is 25.1. The molecule has 0 unspecified atom stereocenters. The Morgan fingerprint density at radius 3 is 2.73 bits per heavy atom. The normalized spacial score (nSPS) is 19.7. The SMILES string of the molecule is Cc1cccc(NCC2CC(F)(F)C2)c1. The minimum absolute atomic E-state index is 0.0335. The zero-order chi connectivity index (χ0) is 10.9. The summed E-state index contributed by atoms with van der Waals surface area (Å²) in [7, 11) is 0. The molecule has 0 saturated heterocycles. The maximum absolute atomic E-state index is 12.6. The van der Waals surface area contributed by atoms with Crippen molar-refractivity contribution in [3.8, 4) is 0 Å². The molecule has 82 valence electrons. The van der Waals surface area contributed by atoms with Gasteiger partial charge in [-0.2, -0.15) is 0 Å². The zero-order valence-corrected chi connectivity index (χ0v) is 8.76. The number of aryl methyl sites for hydroxylation is 1. The van der Waals surface area contributed by atoms with Crippen LogP contribution in [0.3, 0.4) is 0 Å². The molecule has 0 heterocycles. The molecule has 1 fully saturated rings. The molecule has 3 heteroatoms. The Morgan fingerprint density at radius 1 is 1.40 bits per heavy atom. The smallest absolute Gasteiger partial charge is 0.248 e. The lowest BCUT2D eigenvalue weighted by Crippen LogP contribution is -2.39. The summed E-state index contributed by atoms with van der Waals surface area (Å²) in [6.07, 6.45) is 0.0671. The van der Waals surface area contributed by atoms with E-state index in [9.17, 15) is 8.78 Å². The molecule has 2 rings (SSSR count). The lowest BCUT2D eigenvalue weighted by Gasteiger charge is -2.35. The Kier molecular flexibility index (Phi) is 2.63. The summed E-state index contributed by atoms with van der Waals surface area (Å²) in [5.74, 6) is -2.28. The van der Waals surface area contributed by atoms with Gasteiger partial charge in [0.2, 0.25) is 5.92 Å². The minimum Gasteiger partial charge on any atom is -0.385 e. The first kappa shape index (κ1) is 10.4. The molecule has 1 N–H and O–H groups in total. The van der Waals surface area contributed by atoms with E-state index in [0.29, 0.717) is 6.54 Å². The van der Waals surface area contributed by atoms with Gasteiger partial charge in [0, 0.05) is 25.1 Å². The molecule has 0 aliphatic heterocycles. The highest BCUT2D eigenvalue weighted by atomic mass is 19.3. The predicted molar refractivity (Wildman–Crippen MR) is 57.3 cm³/mol. The number of benzene rings is 1. The van der Waals surface area contributed by atoms with Gasteiger partial charge in [0.1, 0.15) is 0 Å². The first-order valence-electron chi connectivity index (χ1n) is 5.23. The van der Waals surface area contributed by atoms with Crippen LogP contribution in [-0.4, -0.2) is 12.5 Å².